The van der Waals surface area contributed by atoms with E-state index in [4.69, 9.17) is 0 Å². The summed E-state index contributed by atoms with van der Waals surface area (Å²) in [4.78, 5) is 0. The minimum Gasteiger partial charge on any atom is -0.395 e. The maximum atomic E-state index is 12.6. The fourth-order valence-electron chi connectivity index (χ4n) is 3.72. The van der Waals surface area contributed by atoms with E-state index < -0.39 is 10.2 Å². The number of hydrogen-bond donors (Lipinski definition) is 2. The van der Waals surface area contributed by atoms with Crippen LogP contribution in [-0.2, 0) is 10.2 Å². The van der Waals surface area contributed by atoms with Gasteiger partial charge >= 0.3 is 0 Å². The van der Waals surface area contributed by atoms with Crippen molar-refractivity contribution in [3.63, 3.8) is 0 Å². The van der Waals surface area contributed by atoms with E-state index in [1.165, 1.54) is 4.31 Å². The highest BCUT2D eigenvalue weighted by atomic mass is 32.2. The van der Waals surface area contributed by atoms with Gasteiger partial charge in [-0.05, 0) is 37.5 Å². The third kappa shape index (κ3) is 3.35. The van der Waals surface area contributed by atoms with Crippen LogP contribution in [0.4, 0.5) is 0 Å². The van der Waals surface area contributed by atoms with Crippen molar-refractivity contribution in [2.24, 2.45) is 11.8 Å². The Morgan fingerprint density at radius 1 is 1.25 bits per heavy atom. The summed E-state index contributed by atoms with van der Waals surface area (Å²) in [6.07, 6.45) is 5.78. The Bertz CT molecular complexity index is 413. The molecule has 0 aromatic rings. The number of nitrogens with zero attached hydrogens (tertiary/aromatic N) is 1. The fraction of sp³-hybridized carbons (Fsp3) is 1.00. The Morgan fingerprint density at radius 3 is 2.60 bits per heavy atom. The summed E-state index contributed by atoms with van der Waals surface area (Å²) in [5, 5.41) is 9.38. The molecule has 6 heteroatoms. The molecule has 1 saturated heterocycles. The standard InChI is InChI=1S/C14H28N2O3S/c1-3-12-7-8-14(11(12)2)15-20(18,19)16-9-5-4-6-13(16)10-17/h11-15,17H,3-10H2,1-2H3. The fourth-order valence-corrected chi connectivity index (χ4v) is 5.51. The molecule has 2 aliphatic rings. The molecule has 0 aromatic heterocycles. The summed E-state index contributed by atoms with van der Waals surface area (Å²) in [5.74, 6) is 1.02. The number of rotatable bonds is 5. The molecular formula is C14H28N2O3S. The quantitative estimate of drug-likeness (QED) is 0.808. The van der Waals surface area contributed by atoms with Gasteiger partial charge in [0.2, 0.25) is 0 Å². The number of aliphatic hydroxyl groups excluding tert-OH is 1. The summed E-state index contributed by atoms with van der Waals surface area (Å²) in [6.45, 7) is 4.76. The van der Waals surface area contributed by atoms with Crippen LogP contribution in [0, 0.1) is 11.8 Å². The van der Waals surface area contributed by atoms with Crippen LogP contribution in [0.2, 0.25) is 0 Å². The molecule has 1 aliphatic heterocycles. The average molecular weight is 304 g/mol. The first-order valence-electron chi connectivity index (χ1n) is 7.89. The van der Waals surface area contributed by atoms with Crippen molar-refractivity contribution >= 4 is 10.2 Å². The molecular weight excluding hydrogens is 276 g/mol. The van der Waals surface area contributed by atoms with Gasteiger partial charge in [-0.1, -0.05) is 26.7 Å². The Hall–Kier alpha value is -0.170. The van der Waals surface area contributed by atoms with Gasteiger partial charge in [0, 0.05) is 18.6 Å². The molecule has 20 heavy (non-hydrogen) atoms. The van der Waals surface area contributed by atoms with Crippen LogP contribution in [0.15, 0.2) is 0 Å². The summed E-state index contributed by atoms with van der Waals surface area (Å²) < 4.78 is 29.5. The van der Waals surface area contributed by atoms with E-state index in [-0.39, 0.29) is 18.7 Å². The minimum atomic E-state index is -3.47. The average Bonchev–Trinajstić information content (AvgIpc) is 2.79. The van der Waals surface area contributed by atoms with Gasteiger partial charge in [0.25, 0.3) is 10.2 Å². The van der Waals surface area contributed by atoms with Crippen LogP contribution in [0.5, 0.6) is 0 Å². The third-order valence-corrected chi connectivity index (χ3v) is 6.84. The van der Waals surface area contributed by atoms with E-state index in [1.54, 1.807) is 0 Å². The highest BCUT2D eigenvalue weighted by molar-refractivity contribution is 7.87. The van der Waals surface area contributed by atoms with E-state index in [0.29, 0.717) is 18.4 Å². The van der Waals surface area contributed by atoms with Gasteiger partial charge in [-0.25, -0.2) is 0 Å². The monoisotopic (exact) mass is 304 g/mol. The number of nitrogens with one attached hydrogen (secondary N) is 1. The van der Waals surface area contributed by atoms with Crippen molar-refractivity contribution in [3.05, 3.63) is 0 Å². The number of aliphatic hydroxyl groups is 1. The summed E-state index contributed by atoms with van der Waals surface area (Å²) >= 11 is 0. The van der Waals surface area contributed by atoms with Crippen molar-refractivity contribution in [3.8, 4) is 0 Å². The molecule has 4 atom stereocenters. The first-order chi connectivity index (χ1) is 9.49. The maximum absolute atomic E-state index is 12.6. The van der Waals surface area contributed by atoms with Crippen LogP contribution >= 0.6 is 0 Å². The molecule has 0 bridgehead atoms. The lowest BCUT2D eigenvalue weighted by Gasteiger charge is -2.35. The molecule has 2 N–H and O–H groups in total. The molecule has 1 heterocycles. The largest absolute Gasteiger partial charge is 0.395 e. The first kappa shape index (κ1) is 16.2. The molecule has 1 saturated carbocycles. The van der Waals surface area contributed by atoms with E-state index in [2.05, 4.69) is 18.6 Å². The van der Waals surface area contributed by atoms with Crippen molar-refractivity contribution < 1.29 is 13.5 Å². The second kappa shape index (κ2) is 6.73. The second-order valence-electron chi connectivity index (χ2n) is 6.28. The molecule has 0 amide bonds. The predicted octanol–water partition coefficient (Wildman–Crippen LogP) is 1.49. The lowest BCUT2D eigenvalue weighted by Crippen LogP contribution is -2.53. The normalized spacial score (nSPS) is 36.4. The van der Waals surface area contributed by atoms with Crippen LogP contribution in [-0.4, -0.2) is 43.1 Å². The molecule has 4 unspecified atom stereocenters. The van der Waals surface area contributed by atoms with Gasteiger partial charge in [-0.3, -0.25) is 0 Å². The van der Waals surface area contributed by atoms with Crippen molar-refractivity contribution in [2.45, 2.75) is 64.5 Å². The van der Waals surface area contributed by atoms with Crippen LogP contribution < -0.4 is 4.72 Å². The minimum absolute atomic E-state index is 0.0474. The smallest absolute Gasteiger partial charge is 0.280 e. The van der Waals surface area contributed by atoms with Gasteiger partial charge in [0.1, 0.15) is 0 Å². The topological polar surface area (TPSA) is 69.6 Å². The van der Waals surface area contributed by atoms with Crippen molar-refractivity contribution in [1.29, 1.82) is 0 Å². The molecule has 0 radical (unpaired) electrons. The second-order valence-corrected chi connectivity index (χ2v) is 7.93. The number of piperidine rings is 1. The molecule has 0 aromatic carbocycles. The third-order valence-electron chi connectivity index (χ3n) is 5.14. The summed E-state index contributed by atoms with van der Waals surface area (Å²) in [7, 11) is -3.47. The molecule has 1 aliphatic carbocycles. The molecule has 2 rings (SSSR count). The Morgan fingerprint density at radius 2 is 2.00 bits per heavy atom. The van der Waals surface area contributed by atoms with Crippen molar-refractivity contribution in [2.75, 3.05) is 13.2 Å². The molecule has 2 fully saturated rings. The Labute approximate surface area is 122 Å². The van der Waals surface area contributed by atoms with Gasteiger partial charge in [0.05, 0.1) is 6.61 Å². The summed E-state index contributed by atoms with van der Waals surface area (Å²) in [6, 6.07) is -0.203. The first-order valence-corrected chi connectivity index (χ1v) is 9.33. The van der Waals surface area contributed by atoms with Crippen LogP contribution in [0.25, 0.3) is 0 Å². The Balaban J connectivity index is 2.03. The van der Waals surface area contributed by atoms with Crippen LogP contribution in [0.3, 0.4) is 0 Å². The molecule has 0 spiro atoms. The zero-order valence-electron chi connectivity index (χ0n) is 12.6. The van der Waals surface area contributed by atoms with Gasteiger partial charge in [-0.2, -0.15) is 17.4 Å². The van der Waals surface area contributed by atoms with E-state index >= 15 is 0 Å². The predicted molar refractivity (Wildman–Crippen MR) is 79.5 cm³/mol. The van der Waals surface area contributed by atoms with Gasteiger partial charge < -0.3 is 5.11 Å². The van der Waals surface area contributed by atoms with Crippen molar-refractivity contribution in [1.82, 2.24) is 9.03 Å². The van der Waals surface area contributed by atoms with Gasteiger partial charge in [-0.15, -0.1) is 0 Å². The van der Waals surface area contributed by atoms with Gasteiger partial charge in [0.15, 0.2) is 0 Å². The van der Waals surface area contributed by atoms with E-state index in [1.807, 2.05) is 0 Å². The van der Waals surface area contributed by atoms with E-state index in [0.717, 1.165) is 38.5 Å². The zero-order valence-corrected chi connectivity index (χ0v) is 13.4. The Kier molecular flexibility index (Phi) is 5.45. The lowest BCUT2D eigenvalue weighted by atomic mass is 9.94. The number of hydrogen-bond acceptors (Lipinski definition) is 3. The lowest BCUT2D eigenvalue weighted by molar-refractivity contribution is 0.153. The van der Waals surface area contributed by atoms with Crippen LogP contribution in [0.1, 0.15) is 52.4 Å². The highest BCUT2D eigenvalue weighted by Gasteiger charge is 2.38. The molecule has 5 nitrogen and oxygen atoms in total. The molecule has 118 valence electrons. The maximum Gasteiger partial charge on any atom is 0.280 e. The highest BCUT2D eigenvalue weighted by Crippen LogP contribution is 2.34. The summed E-state index contributed by atoms with van der Waals surface area (Å²) in [5.41, 5.74) is 0. The zero-order chi connectivity index (χ0) is 14.8. The van der Waals surface area contributed by atoms with E-state index in [9.17, 15) is 13.5 Å². The SMILES string of the molecule is CCC1CCC(NS(=O)(=O)N2CCCCC2CO)C1C.